The molecule has 7 radical (unpaired) electrons. The molecule has 2 aromatic carbocycles. The Hall–Kier alpha value is -0.0938. The molecule has 99 valence electrons. The molecule has 0 amide bonds. The lowest BCUT2D eigenvalue weighted by molar-refractivity contribution is 0.283. The predicted octanol–water partition coefficient (Wildman–Crippen LogP) is 3.77. The second-order valence-electron chi connectivity index (χ2n) is 4.42. The molecule has 0 bridgehead atoms. The molecule has 0 heterocycles. The van der Waals surface area contributed by atoms with Gasteiger partial charge in [-0.15, -0.1) is 17.0 Å². The van der Waals surface area contributed by atoms with Gasteiger partial charge >= 0.3 is 25.4 Å². The molecule has 0 aliphatic rings. The summed E-state index contributed by atoms with van der Waals surface area (Å²) in [5.74, 6) is 0. The van der Waals surface area contributed by atoms with Crippen molar-refractivity contribution in [1.82, 2.24) is 0 Å². The maximum absolute atomic E-state index is 8.29. The molecule has 0 fully saturated rings. The molecule has 0 atom stereocenters. The van der Waals surface area contributed by atoms with E-state index in [0.29, 0.717) is 6.61 Å². The number of aliphatic hydroxyl groups is 1. The lowest BCUT2D eigenvalue weighted by Crippen LogP contribution is -2.01. The predicted molar refractivity (Wildman–Crippen MR) is 90.9 cm³/mol. The summed E-state index contributed by atoms with van der Waals surface area (Å²) in [7, 11) is 0. The number of benzene rings is 2. The fourth-order valence-corrected chi connectivity index (χ4v) is 2.29. The highest BCUT2D eigenvalue weighted by atomic mass is 79.9. The normalized spacial score (nSPS) is 9.42. The number of fused-ring (bicyclic) bond motifs is 1. The van der Waals surface area contributed by atoms with Crippen molar-refractivity contribution in [3.63, 3.8) is 0 Å². The number of hydrogen-bond donors (Lipinski definition) is 1. The van der Waals surface area contributed by atoms with Crippen LogP contribution in [-0.2, 0) is 0 Å². The van der Waals surface area contributed by atoms with E-state index >= 15 is 0 Å². The highest BCUT2D eigenvalue weighted by Crippen LogP contribution is 2.08. The van der Waals surface area contributed by atoms with Crippen LogP contribution < -0.4 is 3.69 Å². The summed E-state index contributed by atoms with van der Waals surface area (Å²) in [6, 6.07) is 14.9. The summed E-state index contributed by atoms with van der Waals surface area (Å²) >= 11 is 1.94. The third kappa shape index (κ3) is 7.30. The molecule has 19 heavy (non-hydrogen) atoms. The quantitative estimate of drug-likeness (QED) is 0.666. The number of halogens is 1. The smallest absolute Gasteiger partial charge is 0.396 e. The van der Waals surface area contributed by atoms with Gasteiger partial charge in [0.1, 0.15) is 0 Å². The Bertz CT molecular complexity index is 450. The first-order valence-corrected chi connectivity index (χ1v) is 7.41. The van der Waals surface area contributed by atoms with E-state index < -0.39 is 0 Å². The van der Waals surface area contributed by atoms with Crippen LogP contribution in [0.1, 0.15) is 32.6 Å². The first kappa shape index (κ1) is 18.9. The fraction of sp³-hybridized carbons (Fsp3) is 0.375. The number of aliphatic hydroxyl groups excluding tert-OH is 1. The van der Waals surface area contributed by atoms with Crippen LogP contribution >= 0.6 is 17.0 Å². The van der Waals surface area contributed by atoms with Crippen molar-refractivity contribution in [2.75, 3.05) is 6.61 Å². The van der Waals surface area contributed by atoms with Gasteiger partial charge in [-0.2, -0.15) is 0 Å². The van der Waals surface area contributed by atoms with Gasteiger partial charge < -0.3 is 5.11 Å². The molecule has 0 aromatic heterocycles. The summed E-state index contributed by atoms with van der Waals surface area (Å²) in [6.45, 7) is 2.53. The SMILES string of the molecule is Br.CCCCCCO.[Mg+2][c]1cccc2ccccc12. The molecule has 0 aliphatic carbocycles. The Morgan fingerprint density at radius 1 is 0.947 bits per heavy atom. The average Bonchev–Trinajstić information content (AvgIpc) is 2.41. The summed E-state index contributed by atoms with van der Waals surface area (Å²) in [5, 5.41) is 11.0. The second-order valence-corrected chi connectivity index (χ2v) is 5.18. The zero-order valence-electron chi connectivity index (χ0n) is 11.6. The van der Waals surface area contributed by atoms with Crippen LogP contribution in [0.15, 0.2) is 42.5 Å². The minimum absolute atomic E-state index is 0. The third-order valence-corrected chi connectivity index (χ3v) is 3.51. The molecule has 0 saturated carbocycles. The molecule has 1 N–H and O–H groups in total. The zero-order chi connectivity index (χ0) is 13.2. The molecule has 0 saturated heterocycles. The van der Waals surface area contributed by atoms with Crippen LogP contribution in [0, 0.1) is 0 Å². The van der Waals surface area contributed by atoms with Crippen LogP contribution in [0.2, 0.25) is 0 Å². The highest BCUT2D eigenvalue weighted by Gasteiger charge is 2.32. The summed E-state index contributed by atoms with van der Waals surface area (Å²) in [4.78, 5) is 0. The molecule has 0 spiro atoms. The first-order chi connectivity index (χ1) is 8.79. The van der Waals surface area contributed by atoms with Crippen LogP contribution in [0.3, 0.4) is 0 Å². The largest absolute Gasteiger partial charge is 1.47 e. The van der Waals surface area contributed by atoms with Crippen molar-refractivity contribution in [2.45, 2.75) is 32.6 Å². The summed E-state index contributed by atoms with van der Waals surface area (Å²) < 4.78 is 1.38. The van der Waals surface area contributed by atoms with Gasteiger partial charge in [-0.25, -0.2) is 0 Å². The van der Waals surface area contributed by atoms with Crippen molar-refractivity contribution in [1.29, 1.82) is 0 Å². The van der Waals surface area contributed by atoms with Crippen molar-refractivity contribution in [2.24, 2.45) is 0 Å². The van der Waals surface area contributed by atoms with E-state index in [2.05, 4.69) is 49.4 Å². The highest BCUT2D eigenvalue weighted by molar-refractivity contribution is 8.93. The molecule has 2 aromatic rings. The first-order valence-electron chi connectivity index (χ1n) is 6.70. The molecule has 3 heteroatoms. The van der Waals surface area contributed by atoms with Gasteiger partial charge in [-0.05, 0) is 17.9 Å². The summed E-state index contributed by atoms with van der Waals surface area (Å²) in [5.41, 5.74) is 0. The number of hydrogen-bond acceptors (Lipinski definition) is 1. The molecular weight excluding hydrogens is 312 g/mol. The van der Waals surface area contributed by atoms with E-state index in [4.69, 9.17) is 5.11 Å². The van der Waals surface area contributed by atoms with Gasteiger partial charge in [0, 0.05) is 12.7 Å². The molecule has 0 unspecified atom stereocenters. The Labute approximate surface area is 139 Å². The van der Waals surface area contributed by atoms with Crippen LogP contribution in [0.25, 0.3) is 10.8 Å². The minimum atomic E-state index is 0. The standard InChI is InChI=1S/C10H7.C6H14O.BrH.Mg/c1-2-6-10-8-4-3-7-9(10)5-1;1-2-3-4-5-6-7;;/h1-7H;7H,2-6H2,1H3;1H;/q;;;+2. The molecule has 2 rings (SSSR count). The molecule has 1 nitrogen and oxygen atoms in total. The van der Waals surface area contributed by atoms with Crippen molar-refractivity contribution in [3.8, 4) is 0 Å². The van der Waals surface area contributed by atoms with Gasteiger partial charge in [0.2, 0.25) is 0 Å². The van der Waals surface area contributed by atoms with E-state index in [1.165, 1.54) is 33.7 Å². The van der Waals surface area contributed by atoms with Gasteiger partial charge in [-0.3, -0.25) is 0 Å². The van der Waals surface area contributed by atoms with E-state index in [9.17, 15) is 0 Å². The van der Waals surface area contributed by atoms with Gasteiger partial charge in [0.05, 0.1) is 5.39 Å². The molecular formula is C16H22BrMgO+2. The van der Waals surface area contributed by atoms with Crippen LogP contribution in [0.4, 0.5) is 0 Å². The van der Waals surface area contributed by atoms with E-state index in [1.54, 1.807) is 0 Å². The van der Waals surface area contributed by atoms with Crippen molar-refractivity contribution >= 4 is 53.2 Å². The zero-order valence-corrected chi connectivity index (χ0v) is 14.8. The topological polar surface area (TPSA) is 20.2 Å². The van der Waals surface area contributed by atoms with E-state index in [1.807, 2.05) is 21.7 Å². The van der Waals surface area contributed by atoms with E-state index in [-0.39, 0.29) is 17.0 Å². The number of rotatable bonds is 4. The lowest BCUT2D eigenvalue weighted by atomic mass is 10.1. The van der Waals surface area contributed by atoms with Gasteiger partial charge in [0.15, 0.2) is 0 Å². The molecule has 0 aliphatic heterocycles. The Morgan fingerprint density at radius 2 is 1.63 bits per heavy atom. The lowest BCUT2D eigenvalue weighted by Gasteiger charge is -1.90. The Morgan fingerprint density at radius 3 is 2.26 bits per heavy atom. The Kier molecular flexibility index (Phi) is 11.7. The van der Waals surface area contributed by atoms with Gasteiger partial charge in [-0.1, -0.05) is 56.5 Å². The maximum Gasteiger partial charge on any atom is 1.47 e. The third-order valence-electron chi connectivity index (χ3n) is 2.89. The fourth-order valence-electron chi connectivity index (χ4n) is 1.83. The minimum Gasteiger partial charge on any atom is -0.396 e. The Balaban J connectivity index is 0.000000360. The number of unbranched alkanes of at least 4 members (excludes halogenated alkanes) is 3. The van der Waals surface area contributed by atoms with Gasteiger partial charge in [0.25, 0.3) is 0 Å². The average molecular weight is 335 g/mol. The van der Waals surface area contributed by atoms with Crippen molar-refractivity contribution in [3.05, 3.63) is 42.5 Å². The van der Waals surface area contributed by atoms with Crippen molar-refractivity contribution < 1.29 is 5.11 Å². The monoisotopic (exact) mass is 333 g/mol. The van der Waals surface area contributed by atoms with Crippen LogP contribution in [-0.4, -0.2) is 33.4 Å². The van der Waals surface area contributed by atoms with Crippen LogP contribution in [0.5, 0.6) is 0 Å². The van der Waals surface area contributed by atoms with E-state index in [0.717, 1.165) is 6.42 Å². The maximum atomic E-state index is 8.29. The second kappa shape index (κ2) is 11.7. The summed E-state index contributed by atoms with van der Waals surface area (Å²) in [6.07, 6.45) is 4.68.